The van der Waals surface area contributed by atoms with Crippen LogP contribution in [-0.2, 0) is 11.8 Å². The molecule has 0 spiro atoms. The Bertz CT molecular complexity index is 502. The quantitative estimate of drug-likeness (QED) is 0.772. The molecular weight excluding hydrogens is 310 g/mol. The summed E-state index contributed by atoms with van der Waals surface area (Å²) < 4.78 is 0. The van der Waals surface area contributed by atoms with Crippen LogP contribution in [0.4, 0.5) is 4.79 Å². The largest absolute Gasteiger partial charge is 0.396 e. The van der Waals surface area contributed by atoms with Crippen LogP contribution in [0.15, 0.2) is 5.38 Å². The van der Waals surface area contributed by atoms with Crippen molar-refractivity contribution in [3.05, 3.63) is 16.1 Å². The smallest absolute Gasteiger partial charge is 0.315 e. The molecule has 1 aliphatic carbocycles. The van der Waals surface area contributed by atoms with Crippen molar-refractivity contribution < 1.29 is 9.90 Å². The fourth-order valence-corrected chi connectivity index (χ4v) is 3.80. The van der Waals surface area contributed by atoms with E-state index in [0.29, 0.717) is 12.5 Å². The van der Waals surface area contributed by atoms with Gasteiger partial charge in [-0.2, -0.15) is 0 Å². The summed E-state index contributed by atoms with van der Waals surface area (Å²) in [6, 6.07) is 0.148. The Labute approximate surface area is 142 Å². The van der Waals surface area contributed by atoms with Crippen LogP contribution in [0.3, 0.4) is 0 Å². The summed E-state index contributed by atoms with van der Waals surface area (Å²) in [7, 11) is 0. The number of nitrogens with one attached hydrogen (secondary N) is 2. The van der Waals surface area contributed by atoms with Gasteiger partial charge in [0.1, 0.15) is 0 Å². The molecule has 0 saturated heterocycles. The molecule has 0 radical (unpaired) electrons. The maximum atomic E-state index is 11.9. The molecule has 0 bridgehead atoms. The predicted octanol–water partition coefficient (Wildman–Crippen LogP) is 2.83. The number of urea groups is 1. The van der Waals surface area contributed by atoms with Gasteiger partial charge in [-0.1, -0.05) is 20.8 Å². The van der Waals surface area contributed by atoms with E-state index in [1.54, 1.807) is 11.3 Å². The third-order valence-corrected chi connectivity index (χ3v) is 5.29. The van der Waals surface area contributed by atoms with Crippen LogP contribution in [0.25, 0.3) is 0 Å². The van der Waals surface area contributed by atoms with Crippen molar-refractivity contribution in [2.45, 2.75) is 64.3 Å². The van der Waals surface area contributed by atoms with E-state index < -0.39 is 0 Å². The van der Waals surface area contributed by atoms with Gasteiger partial charge in [0.25, 0.3) is 0 Å². The van der Waals surface area contributed by atoms with Crippen molar-refractivity contribution in [2.75, 3.05) is 13.2 Å². The molecule has 6 heteroatoms. The van der Waals surface area contributed by atoms with E-state index in [4.69, 9.17) is 5.11 Å². The molecule has 1 aliphatic rings. The van der Waals surface area contributed by atoms with E-state index in [2.05, 4.69) is 41.8 Å². The molecule has 23 heavy (non-hydrogen) atoms. The Morgan fingerprint density at radius 3 is 2.61 bits per heavy atom. The van der Waals surface area contributed by atoms with Crippen LogP contribution in [0.5, 0.6) is 0 Å². The van der Waals surface area contributed by atoms with E-state index >= 15 is 0 Å². The lowest BCUT2D eigenvalue weighted by molar-refractivity contribution is 0.174. The Kier molecular flexibility index (Phi) is 6.41. The molecule has 1 saturated carbocycles. The number of aromatic nitrogens is 1. The molecule has 0 aliphatic heterocycles. The molecule has 1 fully saturated rings. The Hall–Kier alpha value is -1.14. The normalized spacial score (nSPS) is 21.9. The Balaban J connectivity index is 1.66. The number of thiazole rings is 1. The van der Waals surface area contributed by atoms with E-state index in [1.165, 1.54) is 0 Å². The zero-order valence-corrected chi connectivity index (χ0v) is 15.2. The molecule has 130 valence electrons. The number of carbonyl (C=O) groups excluding carboxylic acids is 1. The van der Waals surface area contributed by atoms with E-state index in [1.807, 2.05) is 0 Å². The summed E-state index contributed by atoms with van der Waals surface area (Å²) in [5, 5.41) is 18.3. The van der Waals surface area contributed by atoms with Gasteiger partial charge in [-0.3, -0.25) is 0 Å². The fraction of sp³-hybridized carbons (Fsp3) is 0.765. The topological polar surface area (TPSA) is 74.2 Å². The SMILES string of the molecule is CC(C)(C)c1csc(CCNC(=O)NC2CCC(CO)CC2)n1. The number of carbonyl (C=O) groups is 1. The molecule has 5 nitrogen and oxygen atoms in total. The van der Waals surface area contributed by atoms with Gasteiger partial charge in [0, 0.05) is 36.4 Å². The van der Waals surface area contributed by atoms with Crippen LogP contribution in [0.1, 0.15) is 57.2 Å². The zero-order chi connectivity index (χ0) is 16.9. The fourth-order valence-electron chi connectivity index (χ4n) is 2.78. The number of amides is 2. The van der Waals surface area contributed by atoms with Gasteiger partial charge in [0.15, 0.2) is 0 Å². The van der Waals surface area contributed by atoms with Crippen molar-refractivity contribution in [1.82, 2.24) is 15.6 Å². The van der Waals surface area contributed by atoms with Crippen LogP contribution in [0, 0.1) is 5.92 Å². The average molecular weight is 340 g/mol. The minimum Gasteiger partial charge on any atom is -0.396 e. The molecule has 2 amide bonds. The lowest BCUT2D eigenvalue weighted by atomic mass is 9.87. The van der Waals surface area contributed by atoms with Gasteiger partial charge in [-0.15, -0.1) is 11.3 Å². The summed E-state index contributed by atoms with van der Waals surface area (Å²) >= 11 is 1.66. The molecular formula is C17H29N3O2S. The summed E-state index contributed by atoms with van der Waals surface area (Å²) in [6.45, 7) is 7.34. The molecule has 1 aromatic rings. The van der Waals surface area contributed by atoms with Gasteiger partial charge in [0.2, 0.25) is 0 Å². The van der Waals surface area contributed by atoms with E-state index in [0.717, 1.165) is 42.8 Å². The molecule has 0 unspecified atom stereocenters. The number of rotatable bonds is 5. The van der Waals surface area contributed by atoms with E-state index in [-0.39, 0.29) is 24.1 Å². The third kappa shape index (κ3) is 5.77. The van der Waals surface area contributed by atoms with Crippen molar-refractivity contribution >= 4 is 17.4 Å². The number of hydrogen-bond acceptors (Lipinski definition) is 4. The second-order valence-corrected chi connectivity index (χ2v) is 8.37. The van der Waals surface area contributed by atoms with Crippen LogP contribution in [-0.4, -0.2) is 35.3 Å². The summed E-state index contributed by atoms with van der Waals surface area (Å²) in [5.74, 6) is 0.415. The maximum absolute atomic E-state index is 11.9. The van der Waals surface area contributed by atoms with Gasteiger partial charge in [0.05, 0.1) is 10.7 Å². The van der Waals surface area contributed by atoms with Gasteiger partial charge in [-0.05, 0) is 31.6 Å². The first-order chi connectivity index (χ1) is 10.9. The first-order valence-corrected chi connectivity index (χ1v) is 9.36. The first kappa shape index (κ1) is 18.2. The highest BCUT2D eigenvalue weighted by Gasteiger charge is 2.21. The lowest BCUT2D eigenvalue weighted by Gasteiger charge is -2.27. The Morgan fingerprint density at radius 1 is 1.35 bits per heavy atom. The average Bonchev–Trinajstić information content (AvgIpc) is 2.97. The second kappa shape index (κ2) is 8.11. The third-order valence-electron chi connectivity index (χ3n) is 4.38. The summed E-state index contributed by atoms with van der Waals surface area (Å²) in [6.07, 6.45) is 4.68. The molecule has 1 heterocycles. The highest BCUT2D eigenvalue weighted by atomic mass is 32.1. The van der Waals surface area contributed by atoms with Gasteiger partial charge >= 0.3 is 6.03 Å². The lowest BCUT2D eigenvalue weighted by Crippen LogP contribution is -2.44. The van der Waals surface area contributed by atoms with Crippen LogP contribution in [0.2, 0.25) is 0 Å². The standard InChI is InChI=1S/C17H29N3O2S/c1-17(2,3)14-11-23-15(20-14)8-9-18-16(22)19-13-6-4-12(10-21)5-7-13/h11-13,21H,4-10H2,1-3H3,(H2,18,19,22). The van der Waals surface area contributed by atoms with Crippen molar-refractivity contribution in [3.8, 4) is 0 Å². The number of aliphatic hydroxyl groups excluding tert-OH is 1. The number of hydrogen-bond donors (Lipinski definition) is 3. The number of nitrogens with zero attached hydrogens (tertiary/aromatic N) is 1. The maximum Gasteiger partial charge on any atom is 0.315 e. The van der Waals surface area contributed by atoms with Crippen molar-refractivity contribution in [2.24, 2.45) is 5.92 Å². The van der Waals surface area contributed by atoms with Crippen molar-refractivity contribution in [1.29, 1.82) is 0 Å². The number of aliphatic hydroxyl groups is 1. The highest BCUT2D eigenvalue weighted by Crippen LogP contribution is 2.24. The predicted molar refractivity (Wildman–Crippen MR) is 93.9 cm³/mol. The molecule has 0 atom stereocenters. The minimum absolute atomic E-state index is 0.0764. The van der Waals surface area contributed by atoms with E-state index in [9.17, 15) is 4.79 Å². The second-order valence-electron chi connectivity index (χ2n) is 7.43. The summed E-state index contributed by atoms with van der Waals surface area (Å²) in [5.41, 5.74) is 1.19. The molecule has 1 aromatic heterocycles. The minimum atomic E-state index is -0.0925. The molecule has 3 N–H and O–H groups in total. The van der Waals surface area contributed by atoms with Crippen LogP contribution < -0.4 is 10.6 Å². The highest BCUT2D eigenvalue weighted by molar-refractivity contribution is 7.09. The van der Waals surface area contributed by atoms with Gasteiger partial charge in [-0.25, -0.2) is 9.78 Å². The monoisotopic (exact) mass is 339 g/mol. The molecule has 0 aromatic carbocycles. The Morgan fingerprint density at radius 2 is 2.04 bits per heavy atom. The summed E-state index contributed by atoms with van der Waals surface area (Å²) in [4.78, 5) is 16.6. The van der Waals surface area contributed by atoms with Crippen LogP contribution >= 0.6 is 11.3 Å². The van der Waals surface area contributed by atoms with Gasteiger partial charge < -0.3 is 15.7 Å². The first-order valence-electron chi connectivity index (χ1n) is 8.48. The zero-order valence-electron chi connectivity index (χ0n) is 14.4. The molecule has 2 rings (SSSR count). The van der Waals surface area contributed by atoms with Crippen molar-refractivity contribution in [3.63, 3.8) is 0 Å².